The van der Waals surface area contributed by atoms with E-state index in [1.54, 1.807) is 20.8 Å². The Bertz CT molecular complexity index is 397. The summed E-state index contributed by atoms with van der Waals surface area (Å²) in [5.41, 5.74) is -0.875. The first-order chi connectivity index (χ1) is 8.88. The summed E-state index contributed by atoms with van der Waals surface area (Å²) in [5, 5.41) is 3.04. The van der Waals surface area contributed by atoms with Gasteiger partial charge in [0.2, 0.25) is 11.8 Å². The molecule has 2 amide bonds. The first kappa shape index (κ1) is 14.0. The summed E-state index contributed by atoms with van der Waals surface area (Å²) in [6.45, 7) is 6.17. The molecule has 0 aromatic rings. The quantitative estimate of drug-likeness (QED) is 0.570. The van der Waals surface area contributed by atoms with E-state index in [2.05, 4.69) is 5.32 Å². The summed E-state index contributed by atoms with van der Waals surface area (Å²) < 4.78 is 4.98. The average Bonchev–Trinajstić information content (AvgIpc) is 2.90. The molecule has 2 aliphatic rings. The lowest BCUT2D eigenvalue weighted by Gasteiger charge is -2.27. The number of carbonyl (C=O) groups is 3. The Balaban J connectivity index is 2.09. The standard InChI is InChI=1S/C13H20N2O4/c1-4-19-12(18)13(2,3)7-15-10(16)8-5-6-14-9(8)11(15)17/h8-9,14H,4-7H2,1-3H3. The Morgan fingerprint density at radius 2 is 2.11 bits per heavy atom. The third-order valence-corrected chi connectivity index (χ3v) is 3.72. The summed E-state index contributed by atoms with van der Waals surface area (Å²) >= 11 is 0. The molecule has 0 aromatic carbocycles. The number of ether oxygens (including phenoxy) is 1. The summed E-state index contributed by atoms with van der Waals surface area (Å²) in [6, 6.07) is -0.398. The van der Waals surface area contributed by atoms with Crippen molar-refractivity contribution in [3.05, 3.63) is 0 Å². The van der Waals surface area contributed by atoms with Gasteiger partial charge in [0.1, 0.15) is 0 Å². The molecule has 6 heteroatoms. The summed E-state index contributed by atoms with van der Waals surface area (Å²) in [4.78, 5) is 37.3. The minimum atomic E-state index is -0.875. The molecule has 2 saturated heterocycles. The van der Waals surface area contributed by atoms with Gasteiger partial charge in [-0.25, -0.2) is 0 Å². The van der Waals surface area contributed by atoms with Gasteiger partial charge in [0.15, 0.2) is 0 Å². The highest BCUT2D eigenvalue weighted by molar-refractivity contribution is 6.07. The molecule has 2 unspecified atom stereocenters. The number of esters is 1. The molecule has 2 atom stereocenters. The normalized spacial score (nSPS) is 26.8. The number of amides is 2. The number of hydrogen-bond donors (Lipinski definition) is 1. The Hall–Kier alpha value is -1.43. The first-order valence-corrected chi connectivity index (χ1v) is 6.64. The van der Waals surface area contributed by atoms with Crippen LogP contribution in [0.4, 0.5) is 0 Å². The maximum atomic E-state index is 12.2. The largest absolute Gasteiger partial charge is 0.466 e. The van der Waals surface area contributed by atoms with Gasteiger partial charge in [-0.3, -0.25) is 19.3 Å². The zero-order chi connectivity index (χ0) is 14.2. The van der Waals surface area contributed by atoms with E-state index in [-0.39, 0.29) is 36.9 Å². The molecular weight excluding hydrogens is 248 g/mol. The molecule has 19 heavy (non-hydrogen) atoms. The fourth-order valence-corrected chi connectivity index (χ4v) is 2.65. The highest BCUT2D eigenvalue weighted by atomic mass is 16.5. The lowest BCUT2D eigenvalue weighted by atomic mass is 9.93. The zero-order valence-corrected chi connectivity index (χ0v) is 11.6. The molecular formula is C13H20N2O4. The van der Waals surface area contributed by atoms with Crippen molar-refractivity contribution in [2.75, 3.05) is 19.7 Å². The SMILES string of the molecule is CCOC(=O)C(C)(C)CN1C(=O)C2CCNC2C1=O. The van der Waals surface area contributed by atoms with Crippen LogP contribution in [-0.2, 0) is 19.1 Å². The van der Waals surface area contributed by atoms with E-state index in [1.807, 2.05) is 0 Å². The van der Waals surface area contributed by atoms with E-state index in [0.717, 1.165) is 0 Å². The van der Waals surface area contributed by atoms with Crippen molar-refractivity contribution in [3.8, 4) is 0 Å². The van der Waals surface area contributed by atoms with Crippen LogP contribution in [0, 0.1) is 11.3 Å². The summed E-state index contributed by atoms with van der Waals surface area (Å²) in [6.07, 6.45) is 0.686. The maximum Gasteiger partial charge on any atom is 0.313 e. The molecule has 6 nitrogen and oxygen atoms in total. The van der Waals surface area contributed by atoms with Gasteiger partial charge in [-0.05, 0) is 33.7 Å². The van der Waals surface area contributed by atoms with Crippen molar-refractivity contribution in [2.24, 2.45) is 11.3 Å². The van der Waals surface area contributed by atoms with Gasteiger partial charge in [-0.1, -0.05) is 0 Å². The van der Waals surface area contributed by atoms with Crippen molar-refractivity contribution in [2.45, 2.75) is 33.2 Å². The lowest BCUT2D eigenvalue weighted by molar-refractivity contribution is -0.156. The smallest absolute Gasteiger partial charge is 0.313 e. The second-order valence-electron chi connectivity index (χ2n) is 5.69. The monoisotopic (exact) mass is 268 g/mol. The van der Waals surface area contributed by atoms with Crippen molar-refractivity contribution < 1.29 is 19.1 Å². The van der Waals surface area contributed by atoms with Gasteiger partial charge in [-0.2, -0.15) is 0 Å². The molecule has 2 rings (SSSR count). The molecule has 2 aliphatic heterocycles. The Morgan fingerprint density at radius 3 is 2.68 bits per heavy atom. The Morgan fingerprint density at radius 1 is 1.42 bits per heavy atom. The first-order valence-electron chi connectivity index (χ1n) is 6.64. The molecule has 0 radical (unpaired) electrons. The van der Waals surface area contributed by atoms with E-state index in [9.17, 15) is 14.4 Å². The van der Waals surface area contributed by atoms with Crippen LogP contribution in [-0.4, -0.2) is 48.4 Å². The molecule has 0 aromatic heterocycles. The molecule has 2 fully saturated rings. The third-order valence-electron chi connectivity index (χ3n) is 3.72. The van der Waals surface area contributed by atoms with E-state index in [4.69, 9.17) is 4.74 Å². The number of hydrogen-bond acceptors (Lipinski definition) is 5. The zero-order valence-electron chi connectivity index (χ0n) is 11.6. The van der Waals surface area contributed by atoms with Gasteiger partial charge >= 0.3 is 5.97 Å². The van der Waals surface area contributed by atoms with Gasteiger partial charge in [-0.15, -0.1) is 0 Å². The number of rotatable bonds is 4. The van der Waals surface area contributed by atoms with Crippen molar-refractivity contribution in [1.29, 1.82) is 0 Å². The average molecular weight is 268 g/mol. The molecule has 0 spiro atoms. The minimum absolute atomic E-state index is 0.0815. The summed E-state index contributed by atoms with van der Waals surface area (Å²) in [7, 11) is 0. The van der Waals surface area contributed by atoms with Crippen LogP contribution < -0.4 is 5.32 Å². The van der Waals surface area contributed by atoms with Crippen LogP contribution in [0.25, 0.3) is 0 Å². The van der Waals surface area contributed by atoms with Gasteiger partial charge in [0.25, 0.3) is 0 Å². The van der Waals surface area contributed by atoms with Crippen molar-refractivity contribution in [1.82, 2.24) is 10.2 Å². The third kappa shape index (κ3) is 2.36. The predicted octanol–water partition coefficient (Wildman–Crippen LogP) is -0.0774. The van der Waals surface area contributed by atoms with Crippen LogP contribution in [0.1, 0.15) is 27.2 Å². The fourth-order valence-electron chi connectivity index (χ4n) is 2.65. The van der Waals surface area contributed by atoms with Crippen LogP contribution in [0.2, 0.25) is 0 Å². The molecule has 0 bridgehead atoms. The summed E-state index contributed by atoms with van der Waals surface area (Å²) in [5.74, 6) is -1.03. The van der Waals surface area contributed by atoms with E-state index in [1.165, 1.54) is 4.90 Å². The van der Waals surface area contributed by atoms with E-state index >= 15 is 0 Å². The van der Waals surface area contributed by atoms with E-state index < -0.39 is 11.5 Å². The number of imide groups is 1. The molecule has 0 saturated carbocycles. The van der Waals surface area contributed by atoms with E-state index in [0.29, 0.717) is 13.0 Å². The highest BCUT2D eigenvalue weighted by Crippen LogP contribution is 2.30. The molecule has 106 valence electrons. The van der Waals surface area contributed by atoms with Crippen LogP contribution in [0.3, 0.4) is 0 Å². The highest BCUT2D eigenvalue weighted by Gasteiger charge is 2.51. The molecule has 1 N–H and O–H groups in total. The van der Waals surface area contributed by atoms with Crippen molar-refractivity contribution in [3.63, 3.8) is 0 Å². The predicted molar refractivity (Wildman–Crippen MR) is 67.0 cm³/mol. The fraction of sp³-hybridized carbons (Fsp3) is 0.769. The second kappa shape index (κ2) is 4.92. The topological polar surface area (TPSA) is 75.7 Å². The Kier molecular flexibility index (Phi) is 3.62. The van der Waals surface area contributed by atoms with Gasteiger partial charge in [0.05, 0.1) is 24.0 Å². The molecule has 0 aliphatic carbocycles. The number of nitrogens with zero attached hydrogens (tertiary/aromatic N) is 1. The van der Waals surface area contributed by atoms with Crippen LogP contribution >= 0.6 is 0 Å². The van der Waals surface area contributed by atoms with Gasteiger partial charge < -0.3 is 10.1 Å². The van der Waals surface area contributed by atoms with Crippen LogP contribution in [0.15, 0.2) is 0 Å². The number of carbonyl (C=O) groups excluding carboxylic acids is 3. The second-order valence-corrected chi connectivity index (χ2v) is 5.69. The van der Waals surface area contributed by atoms with Crippen LogP contribution in [0.5, 0.6) is 0 Å². The number of likely N-dealkylation sites (tertiary alicyclic amines) is 1. The number of fused-ring (bicyclic) bond motifs is 1. The lowest BCUT2D eigenvalue weighted by Crippen LogP contribution is -2.45. The number of nitrogens with one attached hydrogen (secondary N) is 1. The maximum absolute atomic E-state index is 12.2. The molecule has 2 heterocycles. The van der Waals surface area contributed by atoms with Gasteiger partial charge in [0, 0.05) is 6.54 Å². The Labute approximate surface area is 112 Å². The minimum Gasteiger partial charge on any atom is -0.466 e. The van der Waals surface area contributed by atoms with Crippen molar-refractivity contribution >= 4 is 17.8 Å².